The van der Waals surface area contributed by atoms with E-state index < -0.39 is 0 Å². The van der Waals surface area contributed by atoms with E-state index in [0.717, 1.165) is 28.5 Å². The van der Waals surface area contributed by atoms with Crippen molar-refractivity contribution < 1.29 is 0 Å². The summed E-state index contributed by atoms with van der Waals surface area (Å²) < 4.78 is 3.84. The number of fused-ring (bicyclic) bond motifs is 3. The fourth-order valence-electron chi connectivity index (χ4n) is 2.23. The lowest BCUT2D eigenvalue weighted by Crippen LogP contribution is -2.03. The topological polar surface area (TPSA) is 60.4 Å². The Morgan fingerprint density at radius 3 is 2.21 bits per heavy atom. The van der Waals surface area contributed by atoms with Gasteiger partial charge in [0.2, 0.25) is 0 Å². The maximum atomic E-state index is 4.27. The van der Waals surface area contributed by atoms with Gasteiger partial charge in [-0.2, -0.15) is 0 Å². The van der Waals surface area contributed by atoms with E-state index in [4.69, 9.17) is 0 Å². The molecule has 0 bridgehead atoms. The van der Waals surface area contributed by atoms with Crippen molar-refractivity contribution in [2.24, 2.45) is 0 Å². The van der Waals surface area contributed by atoms with Crippen LogP contribution in [0.4, 0.5) is 0 Å². The van der Waals surface area contributed by atoms with E-state index in [-0.39, 0.29) is 0 Å². The molecule has 0 unspecified atom stereocenters. The molecule has 0 spiro atoms. The first-order chi connectivity index (χ1) is 9.34. The fraction of sp³-hybridized carbons (Fsp3) is 0.0769. The van der Waals surface area contributed by atoms with E-state index in [1.807, 2.05) is 58.4 Å². The first-order valence-electron chi connectivity index (χ1n) is 5.96. The Morgan fingerprint density at radius 1 is 0.737 bits per heavy atom. The number of hydrogen-bond acceptors (Lipinski definition) is 4. The monoisotopic (exact) mass is 250 g/mol. The minimum Gasteiger partial charge on any atom is -0.210 e. The summed E-state index contributed by atoms with van der Waals surface area (Å²) in [7, 11) is 0. The van der Waals surface area contributed by atoms with Crippen molar-refractivity contribution in [1.82, 2.24) is 29.4 Å². The van der Waals surface area contributed by atoms with E-state index in [9.17, 15) is 0 Å². The fourth-order valence-corrected chi connectivity index (χ4v) is 2.23. The van der Waals surface area contributed by atoms with Crippen LogP contribution in [0.1, 0.15) is 5.82 Å². The van der Waals surface area contributed by atoms with Crippen molar-refractivity contribution in [2.75, 3.05) is 0 Å². The van der Waals surface area contributed by atoms with Gasteiger partial charge in [0.25, 0.3) is 0 Å². The van der Waals surface area contributed by atoms with Crippen LogP contribution in [0.15, 0.2) is 42.5 Å². The second-order valence-corrected chi connectivity index (χ2v) is 4.31. The third-order valence-corrected chi connectivity index (χ3v) is 3.10. The van der Waals surface area contributed by atoms with Crippen LogP contribution in [0.5, 0.6) is 0 Å². The van der Waals surface area contributed by atoms with Crippen LogP contribution in [0.2, 0.25) is 0 Å². The zero-order valence-electron chi connectivity index (χ0n) is 10.2. The molecule has 6 heteroatoms. The van der Waals surface area contributed by atoms with Gasteiger partial charge in [-0.05, 0) is 19.1 Å². The molecule has 3 heterocycles. The highest BCUT2D eigenvalue weighted by Gasteiger charge is 2.12. The predicted molar refractivity (Wildman–Crippen MR) is 69.7 cm³/mol. The van der Waals surface area contributed by atoms with Gasteiger partial charge >= 0.3 is 0 Å². The van der Waals surface area contributed by atoms with E-state index in [2.05, 4.69) is 20.4 Å². The molecule has 0 saturated heterocycles. The third-order valence-electron chi connectivity index (χ3n) is 3.10. The summed E-state index contributed by atoms with van der Waals surface area (Å²) in [6, 6.07) is 13.7. The summed E-state index contributed by atoms with van der Waals surface area (Å²) in [4.78, 5) is 0. The van der Waals surface area contributed by atoms with Crippen LogP contribution >= 0.6 is 0 Å². The van der Waals surface area contributed by atoms with Gasteiger partial charge in [-0.3, -0.25) is 0 Å². The lowest BCUT2D eigenvalue weighted by atomic mass is 10.2. The molecule has 4 aromatic rings. The van der Waals surface area contributed by atoms with Gasteiger partial charge in [-0.15, -0.1) is 20.4 Å². The van der Waals surface area contributed by atoms with Gasteiger partial charge < -0.3 is 0 Å². The van der Waals surface area contributed by atoms with Crippen LogP contribution in [-0.4, -0.2) is 29.4 Å². The second kappa shape index (κ2) is 3.61. The van der Waals surface area contributed by atoms with Gasteiger partial charge in [0, 0.05) is 5.56 Å². The number of benzene rings is 1. The molecule has 6 nitrogen and oxygen atoms in total. The van der Waals surface area contributed by atoms with Crippen LogP contribution in [-0.2, 0) is 0 Å². The van der Waals surface area contributed by atoms with Crippen LogP contribution in [0, 0.1) is 6.92 Å². The number of nitrogens with zero attached hydrogens (tertiary/aromatic N) is 6. The Bertz CT molecular complexity index is 874. The average Bonchev–Trinajstić information content (AvgIpc) is 3.03. The van der Waals surface area contributed by atoms with Crippen LogP contribution < -0.4 is 0 Å². The van der Waals surface area contributed by atoms with Crippen molar-refractivity contribution in [2.45, 2.75) is 6.92 Å². The third kappa shape index (κ3) is 1.36. The Hall–Kier alpha value is -2.76. The molecule has 0 aliphatic rings. The SMILES string of the molecule is Cc1nnc2ccc3nnc(-c4ccccc4)n3n12. The number of rotatable bonds is 1. The molecule has 0 N–H and O–H groups in total. The quantitative estimate of drug-likeness (QED) is 0.516. The number of aryl methyl sites for hydroxylation is 1. The lowest BCUT2D eigenvalue weighted by Gasteiger charge is -2.03. The normalized spacial score (nSPS) is 11.4. The van der Waals surface area contributed by atoms with Crippen molar-refractivity contribution in [3.63, 3.8) is 0 Å². The van der Waals surface area contributed by atoms with Crippen molar-refractivity contribution in [1.29, 1.82) is 0 Å². The smallest absolute Gasteiger partial charge is 0.183 e. The minimum atomic E-state index is 0.772. The molecular weight excluding hydrogens is 240 g/mol. The van der Waals surface area contributed by atoms with Crippen molar-refractivity contribution in [3.8, 4) is 11.4 Å². The van der Waals surface area contributed by atoms with E-state index >= 15 is 0 Å². The summed E-state index contributed by atoms with van der Waals surface area (Å²) in [6.45, 7) is 1.91. The highest BCUT2D eigenvalue weighted by atomic mass is 15.5. The van der Waals surface area contributed by atoms with Crippen molar-refractivity contribution >= 4 is 11.3 Å². The predicted octanol–water partition coefficient (Wildman–Crippen LogP) is 1.75. The number of aromatic nitrogens is 6. The minimum absolute atomic E-state index is 0.772. The largest absolute Gasteiger partial charge is 0.210 e. The Kier molecular flexibility index (Phi) is 1.94. The summed E-state index contributed by atoms with van der Waals surface area (Å²) in [5, 5.41) is 16.7. The highest BCUT2D eigenvalue weighted by molar-refractivity contribution is 5.60. The molecule has 19 heavy (non-hydrogen) atoms. The second-order valence-electron chi connectivity index (χ2n) is 4.31. The summed E-state index contributed by atoms with van der Waals surface area (Å²) in [5.74, 6) is 1.58. The molecule has 0 fully saturated rings. The standard InChI is InChI=1S/C13H10N6/c1-9-14-15-11-7-8-12-16-17-13(19(12)18(9)11)10-5-3-2-4-6-10/h2-8H,1H3. The Balaban J connectivity index is 2.18. The Labute approximate surface area is 108 Å². The maximum Gasteiger partial charge on any atom is 0.183 e. The summed E-state index contributed by atoms with van der Waals surface area (Å²) in [5.41, 5.74) is 2.56. The lowest BCUT2D eigenvalue weighted by molar-refractivity contribution is 0.813. The zero-order chi connectivity index (χ0) is 12.8. The summed E-state index contributed by atoms with van der Waals surface area (Å²) >= 11 is 0. The molecule has 92 valence electrons. The van der Waals surface area contributed by atoms with Gasteiger partial charge in [-0.1, -0.05) is 30.3 Å². The van der Waals surface area contributed by atoms with E-state index in [1.165, 1.54) is 0 Å². The van der Waals surface area contributed by atoms with Gasteiger partial charge in [0.15, 0.2) is 17.1 Å². The van der Waals surface area contributed by atoms with Gasteiger partial charge in [0.1, 0.15) is 5.82 Å². The average molecular weight is 250 g/mol. The molecule has 4 rings (SSSR count). The molecule has 3 aromatic heterocycles. The van der Waals surface area contributed by atoms with Gasteiger partial charge in [-0.25, -0.2) is 9.03 Å². The molecule has 1 aromatic carbocycles. The summed E-state index contributed by atoms with van der Waals surface area (Å²) in [6.07, 6.45) is 0. The molecule has 0 saturated carbocycles. The maximum absolute atomic E-state index is 4.27. The molecule has 0 aliphatic carbocycles. The van der Waals surface area contributed by atoms with E-state index in [0.29, 0.717) is 0 Å². The van der Waals surface area contributed by atoms with Crippen LogP contribution in [0.25, 0.3) is 22.7 Å². The van der Waals surface area contributed by atoms with Crippen molar-refractivity contribution in [3.05, 3.63) is 48.3 Å². The molecule has 0 amide bonds. The number of hydrogen-bond donors (Lipinski definition) is 0. The molecule has 0 radical (unpaired) electrons. The molecular formula is C13H10N6. The Morgan fingerprint density at radius 2 is 1.42 bits per heavy atom. The van der Waals surface area contributed by atoms with E-state index in [1.54, 1.807) is 0 Å². The molecule has 0 atom stereocenters. The van der Waals surface area contributed by atoms with Gasteiger partial charge in [0.05, 0.1) is 0 Å². The first kappa shape index (κ1) is 10.2. The first-order valence-corrected chi connectivity index (χ1v) is 5.96. The van der Waals surface area contributed by atoms with Crippen LogP contribution in [0.3, 0.4) is 0 Å². The zero-order valence-corrected chi connectivity index (χ0v) is 10.2. The highest BCUT2D eigenvalue weighted by Crippen LogP contribution is 2.18. The molecule has 0 aliphatic heterocycles.